The quantitative estimate of drug-likeness (QED) is 0.161. The Balaban J connectivity index is 0.00000372. The average Bonchev–Trinajstić information content (AvgIpc) is 3.84. The van der Waals surface area contributed by atoms with Crippen molar-refractivity contribution in [2.24, 2.45) is 0 Å². The maximum Gasteiger partial charge on any atom is 0.135 e. The molecule has 0 amide bonds. The van der Waals surface area contributed by atoms with Crippen molar-refractivity contribution in [1.82, 2.24) is 9.55 Å². The van der Waals surface area contributed by atoms with E-state index in [0.29, 0.717) is 11.5 Å². The van der Waals surface area contributed by atoms with Crippen molar-refractivity contribution in [2.45, 2.75) is 26.2 Å². The first-order valence-corrected chi connectivity index (χ1v) is 18.3. The monoisotopic (exact) mass is 884 g/mol. The largest absolute Gasteiger partial charge is 0.509 e. The smallest absolute Gasteiger partial charge is 0.135 e. The molecule has 7 heteroatoms. The molecule has 10 rings (SSSR count). The Morgan fingerprint density at radius 1 is 0.642 bits per heavy atom. The maximum absolute atomic E-state index is 6.53. The molecular formula is C46H33N4OPtS-3. The summed E-state index contributed by atoms with van der Waals surface area (Å²) in [5, 5.41) is 4.84. The van der Waals surface area contributed by atoms with Crippen LogP contribution >= 0.6 is 11.3 Å². The number of hydrogen-bond acceptors (Lipinski definition) is 5. The fraction of sp³-hybridized carbons (Fsp3) is 0.0870. The molecule has 1 aliphatic rings. The molecule has 0 unspecified atom stereocenters. The summed E-state index contributed by atoms with van der Waals surface area (Å²) in [6, 6.07) is 53.8. The number of thiophene rings is 1. The Bertz CT molecular complexity index is 2830. The van der Waals surface area contributed by atoms with E-state index >= 15 is 0 Å². The molecule has 0 fully saturated rings. The molecule has 5 nitrogen and oxygen atoms in total. The number of nitrogens with zero attached hydrogens (tertiary/aromatic N) is 4. The van der Waals surface area contributed by atoms with Gasteiger partial charge in [-0.1, -0.05) is 80.9 Å². The van der Waals surface area contributed by atoms with E-state index < -0.39 is 0 Å². The zero-order valence-corrected chi connectivity index (χ0v) is 32.4. The van der Waals surface area contributed by atoms with Crippen molar-refractivity contribution in [3.8, 4) is 17.3 Å². The molecule has 0 saturated heterocycles. The molecule has 6 aromatic carbocycles. The number of aromatic nitrogens is 2. The molecule has 0 N–H and O–H groups in total. The Hall–Kier alpha value is -5.42. The van der Waals surface area contributed by atoms with Crippen molar-refractivity contribution in [3.63, 3.8) is 0 Å². The Kier molecular flexibility index (Phi) is 8.14. The topological polar surface area (TPSA) is 33.5 Å². The normalized spacial score (nSPS) is 12.9. The van der Waals surface area contributed by atoms with Crippen LogP contribution in [0.25, 0.3) is 47.8 Å². The summed E-state index contributed by atoms with van der Waals surface area (Å²) in [4.78, 5) is 9.25. The molecule has 4 heterocycles. The van der Waals surface area contributed by atoms with E-state index in [1.54, 1.807) is 0 Å². The van der Waals surface area contributed by atoms with Crippen LogP contribution in [0.2, 0.25) is 0 Å². The summed E-state index contributed by atoms with van der Waals surface area (Å²) >= 11 is 1.83. The Labute approximate surface area is 327 Å². The van der Waals surface area contributed by atoms with Gasteiger partial charge in [0.05, 0.1) is 0 Å². The molecule has 9 aromatic rings. The SMILES string of the molecule is CC(C)(C)c1ccnc(-n2c3[c-]c(Oc4[c-]c(N5[CH-]N(c6ccc7c(c6)sc6ccccc67)c6ccccc65)ccc4)ccc3c3ccccc32)c1.[Pt]. The fourth-order valence-corrected chi connectivity index (χ4v) is 8.45. The van der Waals surface area contributed by atoms with Crippen LogP contribution in [0, 0.1) is 18.8 Å². The molecule has 0 saturated carbocycles. The van der Waals surface area contributed by atoms with Gasteiger partial charge in [-0.2, -0.15) is 12.1 Å². The maximum atomic E-state index is 6.53. The van der Waals surface area contributed by atoms with Gasteiger partial charge in [-0.25, -0.2) is 4.98 Å². The molecule has 3 aromatic heterocycles. The standard InChI is InChI=1S/C46H33N4OS.Pt/c1-46(2,3)30-23-24-47-45(25-30)50-39-15-6-4-13-35(39)36-22-20-34(28-42(36)50)51-33-12-10-11-31(26-33)48-29-49(41-17-8-7-16-40(41)48)32-19-21-38-37-14-5-9-18-43(37)52-44(38)27-32;/h4-25,27,29H,1-3H3;/q-3;. The molecule has 262 valence electrons. The van der Waals surface area contributed by atoms with E-state index in [0.717, 1.165) is 50.4 Å². The molecule has 0 atom stereocenters. The minimum absolute atomic E-state index is 0. The van der Waals surface area contributed by atoms with Crippen molar-refractivity contribution < 1.29 is 25.8 Å². The van der Waals surface area contributed by atoms with Crippen molar-refractivity contribution in [1.29, 1.82) is 0 Å². The van der Waals surface area contributed by atoms with Gasteiger partial charge in [0.25, 0.3) is 0 Å². The van der Waals surface area contributed by atoms with E-state index in [2.05, 4.69) is 169 Å². The molecule has 0 aliphatic carbocycles. The van der Waals surface area contributed by atoms with E-state index in [-0.39, 0.29) is 26.5 Å². The second-order valence-electron chi connectivity index (χ2n) is 14.2. The van der Waals surface area contributed by atoms with Gasteiger partial charge in [-0.3, -0.25) is 0 Å². The molecule has 1 aliphatic heterocycles. The second kappa shape index (κ2) is 12.9. The first-order chi connectivity index (χ1) is 25.4. The predicted molar refractivity (Wildman–Crippen MR) is 216 cm³/mol. The van der Waals surface area contributed by atoms with E-state index in [1.165, 1.54) is 25.7 Å². The van der Waals surface area contributed by atoms with Crippen molar-refractivity contribution in [3.05, 3.63) is 164 Å². The van der Waals surface area contributed by atoms with Crippen LogP contribution in [0.5, 0.6) is 11.5 Å². The van der Waals surface area contributed by atoms with Gasteiger partial charge >= 0.3 is 0 Å². The molecule has 0 spiro atoms. The summed E-state index contributed by atoms with van der Waals surface area (Å²) in [6.07, 6.45) is 1.90. The third-order valence-corrected chi connectivity index (χ3v) is 11.0. The number of rotatable bonds is 5. The van der Waals surface area contributed by atoms with Crippen LogP contribution in [-0.2, 0) is 26.5 Å². The molecule has 53 heavy (non-hydrogen) atoms. The van der Waals surface area contributed by atoms with Crippen LogP contribution in [0.1, 0.15) is 26.3 Å². The number of hydrogen-bond donors (Lipinski definition) is 0. The van der Waals surface area contributed by atoms with Crippen LogP contribution in [0.15, 0.2) is 140 Å². The van der Waals surface area contributed by atoms with Crippen LogP contribution in [-0.4, -0.2) is 9.55 Å². The zero-order chi connectivity index (χ0) is 35.0. The summed E-state index contributed by atoms with van der Waals surface area (Å²) < 4.78 is 11.3. The minimum atomic E-state index is -0.00756. The van der Waals surface area contributed by atoms with E-state index in [4.69, 9.17) is 9.72 Å². The van der Waals surface area contributed by atoms with Gasteiger partial charge in [0.1, 0.15) is 5.82 Å². The van der Waals surface area contributed by atoms with Gasteiger partial charge in [-0.05, 0) is 64.9 Å². The van der Waals surface area contributed by atoms with Crippen LogP contribution < -0.4 is 14.5 Å². The van der Waals surface area contributed by atoms with Gasteiger partial charge in [0, 0.05) is 81.5 Å². The van der Waals surface area contributed by atoms with Gasteiger partial charge in [0.15, 0.2) is 0 Å². The first-order valence-electron chi connectivity index (χ1n) is 17.5. The minimum Gasteiger partial charge on any atom is -0.509 e. The van der Waals surface area contributed by atoms with Crippen molar-refractivity contribution >= 4 is 76.1 Å². The summed E-state index contributed by atoms with van der Waals surface area (Å²) in [5.74, 6) is 2.08. The van der Waals surface area contributed by atoms with Gasteiger partial charge < -0.3 is 19.1 Å². The van der Waals surface area contributed by atoms with E-state index in [1.807, 2.05) is 35.7 Å². The van der Waals surface area contributed by atoms with Crippen LogP contribution in [0.3, 0.4) is 0 Å². The third-order valence-electron chi connectivity index (χ3n) is 9.90. The van der Waals surface area contributed by atoms with Crippen molar-refractivity contribution in [2.75, 3.05) is 9.80 Å². The predicted octanol–water partition coefficient (Wildman–Crippen LogP) is 12.6. The number of anilines is 4. The number of ether oxygens (including phenoxy) is 1. The van der Waals surface area contributed by atoms with Crippen LogP contribution in [0.4, 0.5) is 22.7 Å². The summed E-state index contributed by atoms with van der Waals surface area (Å²) in [6.45, 7) is 8.82. The number of benzene rings is 6. The molecular weight excluding hydrogens is 852 g/mol. The van der Waals surface area contributed by atoms with Gasteiger partial charge in [-0.15, -0.1) is 59.4 Å². The Morgan fingerprint density at radius 3 is 2.21 bits per heavy atom. The molecule has 0 radical (unpaired) electrons. The average molecular weight is 885 g/mol. The number of para-hydroxylation sites is 3. The van der Waals surface area contributed by atoms with E-state index in [9.17, 15) is 0 Å². The first kappa shape index (κ1) is 33.4. The zero-order valence-electron chi connectivity index (χ0n) is 29.3. The summed E-state index contributed by atoms with van der Waals surface area (Å²) in [5.41, 5.74) is 7.40. The molecule has 0 bridgehead atoms. The number of fused-ring (bicyclic) bond motifs is 7. The number of pyridine rings is 1. The summed E-state index contributed by atoms with van der Waals surface area (Å²) in [7, 11) is 0. The van der Waals surface area contributed by atoms with Gasteiger partial charge in [0.2, 0.25) is 0 Å². The Morgan fingerprint density at radius 2 is 1.36 bits per heavy atom. The fourth-order valence-electron chi connectivity index (χ4n) is 7.31. The third kappa shape index (κ3) is 5.69. The second-order valence-corrected chi connectivity index (χ2v) is 15.3.